The average Bonchev–Trinajstić information content (AvgIpc) is 2.59. The lowest BCUT2D eigenvalue weighted by Gasteiger charge is -2.06. The Bertz CT molecular complexity index is 425. The summed E-state index contributed by atoms with van der Waals surface area (Å²) in [6.45, 7) is 0. The van der Waals surface area contributed by atoms with Crippen LogP contribution in [0.15, 0.2) is 9.78 Å². The van der Waals surface area contributed by atoms with Gasteiger partial charge >= 0.3 is 12.1 Å². The fourth-order valence-electron chi connectivity index (χ4n) is 0.670. The third-order valence-electron chi connectivity index (χ3n) is 1.33. The number of nitrogen functional groups attached to an aromatic ring is 1. The van der Waals surface area contributed by atoms with Crippen molar-refractivity contribution in [1.82, 2.24) is 15.6 Å². The van der Waals surface area contributed by atoms with Crippen molar-refractivity contribution in [3.8, 4) is 0 Å². The van der Waals surface area contributed by atoms with Crippen LogP contribution in [0, 0.1) is 0 Å². The summed E-state index contributed by atoms with van der Waals surface area (Å²) >= 11 is 0. The van der Waals surface area contributed by atoms with Gasteiger partial charge in [0, 0.05) is 0 Å². The molecule has 1 aromatic rings. The summed E-state index contributed by atoms with van der Waals surface area (Å²) in [5.41, 5.74) is 4.60. The van der Waals surface area contributed by atoms with Crippen LogP contribution < -0.4 is 11.1 Å². The Labute approximate surface area is 84.9 Å². The van der Waals surface area contributed by atoms with E-state index in [1.807, 2.05) is 0 Å². The Morgan fingerprint density at radius 3 is 2.50 bits per heavy atom. The van der Waals surface area contributed by atoms with E-state index in [0.29, 0.717) is 0 Å². The molecule has 0 aromatic carbocycles. The standard InChI is InChI=1S/C5H4F3N5O3/c6-5(7,8)4(14)10-3(11-15)1-2(9)13-16-12-1/h15H,(H2,9,13)(H,10,11,14). The number of aromatic nitrogens is 2. The average molecular weight is 239 g/mol. The smallest absolute Gasteiger partial charge is 0.409 e. The van der Waals surface area contributed by atoms with Gasteiger partial charge in [0.25, 0.3) is 0 Å². The SMILES string of the molecule is Nc1nonc1C(=NO)NC(=O)C(F)(F)F. The summed E-state index contributed by atoms with van der Waals surface area (Å²) in [5, 5.41) is 18.1. The molecule has 0 saturated carbocycles. The molecule has 0 radical (unpaired) electrons. The zero-order valence-electron chi connectivity index (χ0n) is 7.32. The number of amides is 1. The van der Waals surface area contributed by atoms with E-state index in [-0.39, 0.29) is 0 Å². The lowest BCUT2D eigenvalue weighted by atomic mass is 10.4. The molecule has 0 aliphatic carbocycles. The highest BCUT2D eigenvalue weighted by molar-refractivity contribution is 6.09. The number of anilines is 1. The molecule has 0 atom stereocenters. The molecule has 0 unspecified atom stereocenters. The third-order valence-corrected chi connectivity index (χ3v) is 1.33. The topological polar surface area (TPSA) is 127 Å². The van der Waals surface area contributed by atoms with Crippen LogP contribution in [0.4, 0.5) is 19.0 Å². The molecule has 1 aromatic heterocycles. The molecule has 1 amide bonds. The van der Waals surface area contributed by atoms with Gasteiger partial charge in [0.2, 0.25) is 5.84 Å². The summed E-state index contributed by atoms with van der Waals surface area (Å²) in [6, 6.07) is 0. The van der Waals surface area contributed by atoms with Crippen LogP contribution >= 0.6 is 0 Å². The molecule has 0 fully saturated rings. The first-order valence-electron chi connectivity index (χ1n) is 3.55. The van der Waals surface area contributed by atoms with E-state index in [9.17, 15) is 18.0 Å². The first-order chi connectivity index (χ1) is 7.36. The minimum atomic E-state index is -5.14. The Morgan fingerprint density at radius 1 is 1.50 bits per heavy atom. The van der Waals surface area contributed by atoms with Crippen LogP contribution in [0.3, 0.4) is 0 Å². The number of carbonyl (C=O) groups excluding carboxylic acids is 1. The van der Waals surface area contributed by atoms with Crippen LogP contribution in [0.5, 0.6) is 0 Å². The number of hydrogen-bond donors (Lipinski definition) is 3. The van der Waals surface area contributed by atoms with Crippen molar-refractivity contribution >= 4 is 17.6 Å². The molecule has 0 bridgehead atoms. The van der Waals surface area contributed by atoms with Crippen molar-refractivity contribution in [3.05, 3.63) is 5.69 Å². The molecule has 8 nitrogen and oxygen atoms in total. The zero-order chi connectivity index (χ0) is 12.3. The van der Waals surface area contributed by atoms with Crippen molar-refractivity contribution in [2.75, 3.05) is 5.73 Å². The van der Waals surface area contributed by atoms with E-state index >= 15 is 0 Å². The van der Waals surface area contributed by atoms with Crippen molar-refractivity contribution in [1.29, 1.82) is 0 Å². The predicted octanol–water partition coefficient (Wildman–Crippen LogP) is -0.534. The van der Waals surface area contributed by atoms with E-state index in [0.717, 1.165) is 0 Å². The van der Waals surface area contributed by atoms with Crippen molar-refractivity contribution in [2.24, 2.45) is 5.16 Å². The highest BCUT2D eigenvalue weighted by atomic mass is 19.4. The monoisotopic (exact) mass is 239 g/mol. The van der Waals surface area contributed by atoms with Gasteiger partial charge in [0.05, 0.1) is 0 Å². The van der Waals surface area contributed by atoms with Crippen molar-refractivity contribution in [3.63, 3.8) is 0 Å². The zero-order valence-corrected chi connectivity index (χ0v) is 7.32. The Hall–Kier alpha value is -2.33. The first kappa shape index (κ1) is 11.7. The van der Waals surface area contributed by atoms with E-state index < -0.39 is 29.4 Å². The minimum absolute atomic E-state index is 0.435. The van der Waals surface area contributed by atoms with Crippen LogP contribution in [0.25, 0.3) is 0 Å². The lowest BCUT2D eigenvalue weighted by Crippen LogP contribution is -2.41. The number of nitrogens with zero attached hydrogens (tertiary/aromatic N) is 3. The fourth-order valence-corrected chi connectivity index (χ4v) is 0.670. The molecule has 0 spiro atoms. The first-order valence-corrected chi connectivity index (χ1v) is 3.55. The van der Waals surface area contributed by atoms with Gasteiger partial charge in [0.15, 0.2) is 11.5 Å². The maximum atomic E-state index is 11.8. The Balaban J connectivity index is 2.88. The summed E-state index contributed by atoms with van der Waals surface area (Å²) < 4.78 is 39.6. The largest absolute Gasteiger partial charge is 0.471 e. The number of nitrogens with one attached hydrogen (secondary N) is 1. The molecular weight excluding hydrogens is 235 g/mol. The highest BCUT2D eigenvalue weighted by Gasteiger charge is 2.40. The van der Waals surface area contributed by atoms with E-state index in [1.165, 1.54) is 5.32 Å². The molecule has 88 valence electrons. The summed E-state index contributed by atoms with van der Waals surface area (Å²) in [4.78, 5) is 10.5. The minimum Gasteiger partial charge on any atom is -0.409 e. The van der Waals surface area contributed by atoms with Gasteiger partial charge in [-0.2, -0.15) is 13.2 Å². The van der Waals surface area contributed by atoms with Gasteiger partial charge in [-0.3, -0.25) is 10.1 Å². The Kier molecular flexibility index (Phi) is 2.96. The molecule has 16 heavy (non-hydrogen) atoms. The predicted molar refractivity (Wildman–Crippen MR) is 41.2 cm³/mol. The second-order valence-electron chi connectivity index (χ2n) is 2.40. The Morgan fingerprint density at radius 2 is 2.12 bits per heavy atom. The molecule has 1 rings (SSSR count). The maximum Gasteiger partial charge on any atom is 0.471 e. The van der Waals surface area contributed by atoms with Crippen LogP contribution in [0.1, 0.15) is 5.69 Å². The number of oxime groups is 1. The third kappa shape index (κ3) is 2.37. The van der Waals surface area contributed by atoms with Gasteiger partial charge in [-0.15, -0.1) is 0 Å². The molecule has 4 N–H and O–H groups in total. The summed E-state index contributed by atoms with van der Waals surface area (Å²) in [5.74, 6) is -3.70. The normalized spacial score (nSPS) is 12.6. The van der Waals surface area contributed by atoms with Gasteiger partial charge < -0.3 is 10.9 Å². The lowest BCUT2D eigenvalue weighted by molar-refractivity contribution is -0.171. The van der Waals surface area contributed by atoms with Gasteiger partial charge in [0.1, 0.15) is 0 Å². The molecule has 0 aliphatic heterocycles. The molecule has 0 aliphatic rings. The van der Waals surface area contributed by atoms with Gasteiger partial charge in [-0.05, 0) is 10.3 Å². The van der Waals surface area contributed by atoms with Crippen LogP contribution in [0.2, 0.25) is 0 Å². The summed E-state index contributed by atoms with van der Waals surface area (Å²) in [6.07, 6.45) is -5.14. The number of carbonyl (C=O) groups is 1. The highest BCUT2D eigenvalue weighted by Crippen LogP contribution is 2.15. The number of hydrogen-bond acceptors (Lipinski definition) is 7. The van der Waals surface area contributed by atoms with E-state index in [4.69, 9.17) is 10.9 Å². The van der Waals surface area contributed by atoms with Crippen molar-refractivity contribution in [2.45, 2.75) is 6.18 Å². The number of nitrogens with two attached hydrogens (primary N) is 1. The van der Waals surface area contributed by atoms with E-state index in [1.54, 1.807) is 0 Å². The quantitative estimate of drug-likeness (QED) is 0.261. The maximum absolute atomic E-state index is 11.8. The fraction of sp³-hybridized carbons (Fsp3) is 0.200. The molecular formula is C5H4F3N5O3. The summed E-state index contributed by atoms with van der Waals surface area (Å²) in [7, 11) is 0. The number of rotatable bonds is 1. The number of halogens is 3. The second-order valence-corrected chi connectivity index (χ2v) is 2.40. The second kappa shape index (κ2) is 4.04. The van der Waals surface area contributed by atoms with E-state index in [2.05, 4.69) is 20.1 Å². The molecule has 1 heterocycles. The van der Waals surface area contributed by atoms with Gasteiger partial charge in [-0.1, -0.05) is 5.16 Å². The van der Waals surface area contributed by atoms with Gasteiger partial charge in [-0.25, -0.2) is 4.63 Å². The van der Waals surface area contributed by atoms with Crippen molar-refractivity contribution < 1.29 is 27.8 Å². The number of amidine groups is 1. The van der Waals surface area contributed by atoms with Crippen LogP contribution in [-0.4, -0.2) is 33.4 Å². The van der Waals surface area contributed by atoms with Crippen LogP contribution in [-0.2, 0) is 4.79 Å². The molecule has 0 saturated heterocycles. The number of alkyl halides is 3. The molecule has 11 heteroatoms.